The molecule has 3 heterocycles. The van der Waals surface area contributed by atoms with E-state index in [1.165, 1.54) is 0 Å². The number of carboxylic acids is 1. The van der Waals surface area contributed by atoms with Crippen LogP contribution >= 0.6 is 0 Å². The van der Waals surface area contributed by atoms with Gasteiger partial charge in [-0.15, -0.1) is 0 Å². The SMILES string of the molecule is COC(=O)C(CC#Cc1ccc2c(c1)C1(C(=O)N2)C(C(=O)O)C2C(=O)OC(c3ccccc3)C(c3ccccc3)N2C1c1cccc(OCCO)c1)C(=O)OC. The van der Waals surface area contributed by atoms with Crippen LogP contribution in [-0.4, -0.2) is 78.4 Å². The molecule has 4 aromatic carbocycles. The molecule has 56 heavy (non-hydrogen) atoms. The molecule has 13 heteroatoms. The second-order valence-electron chi connectivity index (χ2n) is 13.6. The number of morpholine rings is 1. The Bertz CT molecular complexity index is 2220. The van der Waals surface area contributed by atoms with E-state index >= 15 is 0 Å². The Balaban J connectivity index is 1.47. The molecule has 13 nitrogen and oxygen atoms in total. The average Bonchev–Trinajstić information content (AvgIpc) is 3.70. The molecule has 6 atom stereocenters. The second kappa shape index (κ2) is 15.7. The molecule has 2 saturated heterocycles. The maximum Gasteiger partial charge on any atom is 0.325 e. The maximum absolute atomic E-state index is 14.9. The monoisotopic (exact) mass is 758 g/mol. The Hall–Kier alpha value is -6.49. The number of carbonyl (C=O) groups excluding carboxylic acids is 4. The zero-order chi connectivity index (χ0) is 39.6. The fraction of sp³-hybridized carbons (Fsp3) is 0.279. The highest BCUT2D eigenvalue weighted by atomic mass is 16.6. The lowest BCUT2D eigenvalue weighted by molar-refractivity contribution is -0.179. The summed E-state index contributed by atoms with van der Waals surface area (Å²) in [5.41, 5.74) is 0.900. The number of nitrogens with zero attached hydrogens (tertiary/aromatic N) is 1. The van der Waals surface area contributed by atoms with Crippen molar-refractivity contribution in [1.29, 1.82) is 0 Å². The standard InChI is InChI=1S/C43H38N2O11/c1-53-39(49)30(40(50)54-2)18-9-11-25-19-20-32-31(23-25)43(42(52)44-32)33(38(47)48)35-41(51)56-36(27-14-7-4-8-15-27)34(26-12-5-3-6-13-26)45(35)37(43)28-16-10-17-29(24-28)55-22-21-46/h3-8,10,12-17,19-20,23-24,30,33-37,46H,18,21-22H2,1-2H3,(H,44,52)(H,47,48). The number of methoxy groups -OCH3 is 2. The third-order valence-corrected chi connectivity index (χ3v) is 10.6. The van der Waals surface area contributed by atoms with Crippen LogP contribution in [0.4, 0.5) is 5.69 Å². The summed E-state index contributed by atoms with van der Waals surface area (Å²) in [4.78, 5) is 69.7. The zero-order valence-electron chi connectivity index (χ0n) is 30.4. The van der Waals surface area contributed by atoms with E-state index in [9.17, 15) is 34.2 Å². The van der Waals surface area contributed by atoms with Crippen molar-refractivity contribution in [3.8, 4) is 17.6 Å². The van der Waals surface area contributed by atoms with Gasteiger partial charge in [0, 0.05) is 17.7 Å². The van der Waals surface area contributed by atoms with Gasteiger partial charge in [-0.1, -0.05) is 84.6 Å². The lowest BCUT2D eigenvalue weighted by Gasteiger charge is -2.46. The molecule has 3 N–H and O–H groups in total. The van der Waals surface area contributed by atoms with Gasteiger partial charge in [-0.3, -0.25) is 28.9 Å². The highest BCUT2D eigenvalue weighted by molar-refractivity contribution is 6.11. The molecule has 7 rings (SSSR count). The number of aliphatic hydroxyl groups is 1. The number of anilines is 1. The molecule has 3 aliphatic heterocycles. The zero-order valence-corrected chi connectivity index (χ0v) is 30.4. The van der Waals surface area contributed by atoms with Crippen LogP contribution in [0.25, 0.3) is 0 Å². The summed E-state index contributed by atoms with van der Waals surface area (Å²) in [7, 11) is 2.30. The molecular formula is C43H38N2O11. The number of esters is 3. The molecule has 0 saturated carbocycles. The number of fused-ring (bicyclic) bond motifs is 3. The molecule has 2 fully saturated rings. The first-order valence-electron chi connectivity index (χ1n) is 17.9. The van der Waals surface area contributed by atoms with E-state index < -0.39 is 71.3 Å². The highest BCUT2D eigenvalue weighted by Gasteiger charge is 2.74. The molecule has 0 radical (unpaired) electrons. The first kappa shape index (κ1) is 37.8. The van der Waals surface area contributed by atoms with Gasteiger partial charge < -0.3 is 34.5 Å². The van der Waals surface area contributed by atoms with Gasteiger partial charge in [0.25, 0.3) is 0 Å². The third kappa shape index (κ3) is 6.42. The number of aliphatic carboxylic acids is 1. The van der Waals surface area contributed by atoms with E-state index in [0.717, 1.165) is 19.8 Å². The number of benzene rings is 4. The maximum atomic E-state index is 14.9. The molecule has 4 aromatic rings. The molecule has 6 unspecified atom stereocenters. The van der Waals surface area contributed by atoms with Crippen LogP contribution in [0.15, 0.2) is 103 Å². The minimum Gasteiger partial charge on any atom is -0.491 e. The summed E-state index contributed by atoms with van der Waals surface area (Å²) in [6, 6.07) is 26.8. The minimum absolute atomic E-state index is 0.0173. The number of hydrogen-bond donors (Lipinski definition) is 3. The smallest absolute Gasteiger partial charge is 0.325 e. The van der Waals surface area contributed by atoms with Crippen LogP contribution in [0.2, 0.25) is 0 Å². The predicted octanol–water partition coefficient (Wildman–Crippen LogP) is 4.12. The molecule has 0 aromatic heterocycles. The van der Waals surface area contributed by atoms with Crippen LogP contribution in [0.1, 0.15) is 52.4 Å². The quantitative estimate of drug-likeness (QED) is 0.0914. The average molecular weight is 759 g/mol. The van der Waals surface area contributed by atoms with Crippen LogP contribution in [0, 0.1) is 23.7 Å². The summed E-state index contributed by atoms with van der Waals surface area (Å²) in [6.07, 6.45) is -1.14. The molecule has 1 amide bonds. The van der Waals surface area contributed by atoms with Crippen molar-refractivity contribution >= 4 is 35.5 Å². The third-order valence-electron chi connectivity index (χ3n) is 10.6. The number of cyclic esters (lactones) is 1. The van der Waals surface area contributed by atoms with Gasteiger partial charge in [0.05, 0.1) is 32.9 Å². The number of amides is 1. The highest BCUT2D eigenvalue weighted by Crippen LogP contribution is 2.64. The number of carboxylic acid groups (broad SMARTS) is 1. The van der Waals surface area contributed by atoms with Crippen molar-refractivity contribution in [2.75, 3.05) is 32.8 Å². The Morgan fingerprint density at radius 2 is 1.52 bits per heavy atom. The number of carbonyl (C=O) groups is 5. The van der Waals surface area contributed by atoms with Crippen LogP contribution in [0.3, 0.4) is 0 Å². The summed E-state index contributed by atoms with van der Waals surface area (Å²) >= 11 is 0. The van der Waals surface area contributed by atoms with Crippen molar-refractivity contribution in [3.05, 3.63) is 131 Å². The summed E-state index contributed by atoms with van der Waals surface area (Å²) < 4.78 is 21.6. The molecule has 286 valence electrons. The molecule has 3 aliphatic rings. The number of hydrogen-bond acceptors (Lipinski definition) is 11. The van der Waals surface area contributed by atoms with Crippen molar-refractivity contribution in [1.82, 2.24) is 4.90 Å². The summed E-state index contributed by atoms with van der Waals surface area (Å²) in [5.74, 6) is -1.30. The van der Waals surface area contributed by atoms with E-state index in [4.69, 9.17) is 18.9 Å². The van der Waals surface area contributed by atoms with Gasteiger partial charge in [-0.05, 0) is 52.6 Å². The Labute approximate surface area is 322 Å². The van der Waals surface area contributed by atoms with Crippen molar-refractivity contribution in [2.24, 2.45) is 11.8 Å². The van der Waals surface area contributed by atoms with Crippen LogP contribution in [-0.2, 0) is 43.6 Å². The largest absolute Gasteiger partial charge is 0.491 e. The van der Waals surface area contributed by atoms with Crippen molar-refractivity contribution in [2.45, 2.75) is 36.1 Å². The predicted molar refractivity (Wildman–Crippen MR) is 199 cm³/mol. The lowest BCUT2D eigenvalue weighted by Crippen LogP contribution is -2.52. The van der Waals surface area contributed by atoms with Gasteiger partial charge in [-0.25, -0.2) is 0 Å². The molecule has 0 aliphatic carbocycles. The van der Waals surface area contributed by atoms with Gasteiger partial charge in [0.2, 0.25) is 5.91 Å². The molecule has 1 spiro atoms. The summed E-state index contributed by atoms with van der Waals surface area (Å²) in [5, 5.41) is 23.7. The van der Waals surface area contributed by atoms with E-state index in [1.54, 1.807) is 42.5 Å². The first-order valence-corrected chi connectivity index (χ1v) is 17.9. The number of aliphatic hydroxyl groups excluding tert-OH is 1. The topological polar surface area (TPSA) is 178 Å². The normalized spacial score (nSPS) is 23.6. The van der Waals surface area contributed by atoms with Gasteiger partial charge >= 0.3 is 23.9 Å². The second-order valence-corrected chi connectivity index (χ2v) is 13.6. The van der Waals surface area contributed by atoms with E-state index in [0.29, 0.717) is 28.1 Å². The molecule has 0 bridgehead atoms. The fourth-order valence-electron chi connectivity index (χ4n) is 8.39. The first-order chi connectivity index (χ1) is 27.1. The van der Waals surface area contributed by atoms with Crippen LogP contribution in [0.5, 0.6) is 5.75 Å². The molecular weight excluding hydrogens is 720 g/mol. The van der Waals surface area contributed by atoms with Crippen molar-refractivity contribution < 1.29 is 53.1 Å². The minimum atomic E-state index is -1.95. The van der Waals surface area contributed by atoms with Gasteiger partial charge in [-0.2, -0.15) is 0 Å². The van der Waals surface area contributed by atoms with E-state index in [-0.39, 0.29) is 25.2 Å². The van der Waals surface area contributed by atoms with Crippen molar-refractivity contribution in [3.63, 3.8) is 0 Å². The van der Waals surface area contributed by atoms with Gasteiger partial charge in [0.1, 0.15) is 35.8 Å². The van der Waals surface area contributed by atoms with E-state index in [2.05, 4.69) is 17.2 Å². The Kier molecular flexibility index (Phi) is 10.6. The van der Waals surface area contributed by atoms with Crippen LogP contribution < -0.4 is 10.1 Å². The Morgan fingerprint density at radius 3 is 2.16 bits per heavy atom. The number of ether oxygens (including phenoxy) is 4. The number of nitrogens with one attached hydrogen (secondary N) is 1. The fourth-order valence-corrected chi connectivity index (χ4v) is 8.39. The number of rotatable bonds is 10. The summed E-state index contributed by atoms with van der Waals surface area (Å²) in [6.45, 7) is -0.274. The van der Waals surface area contributed by atoms with E-state index in [1.807, 2.05) is 65.6 Å². The Morgan fingerprint density at radius 1 is 0.857 bits per heavy atom. The van der Waals surface area contributed by atoms with Gasteiger partial charge in [0.15, 0.2) is 5.92 Å². The lowest BCUT2D eigenvalue weighted by atomic mass is 9.65.